The van der Waals surface area contributed by atoms with E-state index in [2.05, 4.69) is 69.0 Å². The summed E-state index contributed by atoms with van der Waals surface area (Å²) in [6, 6.07) is 20.8. The number of Topliss-reactive ketones (excluding diaryl/α,β-unsaturated/α-hetero) is 1. The van der Waals surface area contributed by atoms with Crippen molar-refractivity contribution in [1.29, 1.82) is 0 Å². The molecule has 0 saturated heterocycles. The molecule has 6 rings (SSSR count). The summed E-state index contributed by atoms with van der Waals surface area (Å²) in [5.41, 5.74) is 13.8. The molecule has 2 aliphatic rings. The lowest BCUT2D eigenvalue weighted by atomic mass is 9.86. The van der Waals surface area contributed by atoms with Crippen molar-refractivity contribution in [3.05, 3.63) is 134 Å². The Morgan fingerprint density at radius 2 is 1.65 bits per heavy atom. The number of carbonyl (C=O) groups is 2. The van der Waals surface area contributed by atoms with E-state index in [-0.39, 0.29) is 41.4 Å². The second kappa shape index (κ2) is 14.1. The fourth-order valence-electron chi connectivity index (χ4n) is 6.63. The van der Waals surface area contributed by atoms with Crippen LogP contribution in [0.3, 0.4) is 0 Å². The molecule has 0 spiro atoms. The molecule has 2 heterocycles. The van der Waals surface area contributed by atoms with E-state index in [1.807, 2.05) is 58.5 Å². The van der Waals surface area contributed by atoms with Crippen LogP contribution in [0, 0.1) is 0 Å². The van der Waals surface area contributed by atoms with E-state index in [4.69, 9.17) is 22.1 Å². The normalized spacial score (nSPS) is 14.4. The first-order valence-electron chi connectivity index (χ1n) is 16.7. The minimum atomic E-state index is -2.20. The van der Waals surface area contributed by atoms with Gasteiger partial charge in [-0.15, -0.1) is 0 Å². The highest BCUT2D eigenvalue weighted by Gasteiger charge is 2.41. The molecule has 1 aliphatic carbocycles. The van der Waals surface area contributed by atoms with Crippen molar-refractivity contribution in [3.8, 4) is 5.88 Å². The highest BCUT2D eigenvalue weighted by atomic mass is 35.5. The molecule has 0 amide bonds. The highest BCUT2D eigenvalue weighted by Crippen LogP contribution is 2.43. The van der Waals surface area contributed by atoms with Crippen LogP contribution < -0.4 is 20.6 Å². The molecular weight excluding hydrogens is 678 g/mol. The zero-order valence-electron chi connectivity index (χ0n) is 29.6. The maximum atomic E-state index is 13.5. The van der Waals surface area contributed by atoms with Gasteiger partial charge in [0, 0.05) is 50.0 Å². The van der Waals surface area contributed by atoms with E-state index in [1.165, 1.54) is 16.4 Å². The van der Waals surface area contributed by atoms with Gasteiger partial charge in [-0.1, -0.05) is 67.2 Å². The van der Waals surface area contributed by atoms with Crippen LogP contribution in [-0.2, 0) is 13.0 Å². The lowest BCUT2D eigenvalue weighted by Gasteiger charge is -2.38. The molecule has 0 saturated carbocycles. The predicted molar refractivity (Wildman–Crippen MR) is 207 cm³/mol. The number of aromatic nitrogens is 2. The van der Waals surface area contributed by atoms with Crippen LogP contribution in [0.2, 0.25) is 18.2 Å². The molecule has 4 aromatic rings. The number of allylic oxidation sites excluding steroid dienone is 5. The maximum Gasteiger partial charge on any atom is 0.336 e. The summed E-state index contributed by atoms with van der Waals surface area (Å²) in [7, 11) is 5.91. The molecule has 51 heavy (non-hydrogen) atoms. The van der Waals surface area contributed by atoms with Crippen LogP contribution in [0.5, 0.6) is 5.88 Å². The highest BCUT2D eigenvalue weighted by molar-refractivity contribution is 6.98. The van der Waals surface area contributed by atoms with E-state index in [0.29, 0.717) is 17.5 Å². The summed E-state index contributed by atoms with van der Waals surface area (Å²) in [5.74, 6) is -0.873. The number of aromatic carboxylic acids is 1. The first kappa shape index (κ1) is 35.5. The topological polar surface area (TPSA) is 122 Å². The minimum Gasteiger partial charge on any atom is -0.478 e. The SMILES string of the molecule is CN(C)c1ccc2c(c1)[Si](C)(C)C1=CC(=[N+](C)C)C=CC1=C2c1ccc(C(=O)CCc2ccc(COc3cc(Cl)nc(N)n3)cc2)cc1C(=O)O. The Balaban J connectivity index is 1.28. The van der Waals surface area contributed by atoms with Crippen LogP contribution in [0.4, 0.5) is 11.6 Å². The largest absolute Gasteiger partial charge is 0.478 e. The number of nitrogen functional groups attached to an aromatic ring is 1. The smallest absolute Gasteiger partial charge is 0.336 e. The Kier molecular flexibility index (Phi) is 9.83. The number of carbonyl (C=O) groups excluding carboxylic acids is 1. The molecule has 0 fully saturated rings. The van der Waals surface area contributed by atoms with Crippen molar-refractivity contribution >= 4 is 59.5 Å². The summed E-state index contributed by atoms with van der Waals surface area (Å²) < 4.78 is 7.79. The number of nitrogens with zero attached hydrogens (tertiary/aromatic N) is 4. The second-order valence-corrected chi connectivity index (χ2v) is 18.4. The monoisotopic (exact) mass is 718 g/mol. The van der Waals surface area contributed by atoms with Crippen molar-refractivity contribution in [3.63, 3.8) is 0 Å². The van der Waals surface area contributed by atoms with Gasteiger partial charge < -0.3 is 20.5 Å². The number of carboxylic acid groups (broad SMARTS) is 1. The van der Waals surface area contributed by atoms with Gasteiger partial charge in [0.05, 0.1) is 5.56 Å². The van der Waals surface area contributed by atoms with Crippen molar-refractivity contribution in [2.24, 2.45) is 0 Å². The Morgan fingerprint density at radius 1 is 0.941 bits per heavy atom. The standard InChI is InChI=1S/C40H40ClN5O4Si/c1-45(2)27-13-16-30-34(20-27)51(5,6)35-21-28(46(3)4)14-17-31(35)38(30)29-15-12-26(19-32(29)39(48)49)33(47)18-11-24-7-9-25(10-8-24)23-50-37-22-36(41)43-40(42)44-37/h7-10,12-17,19-22H,11,18,23H2,1-6H3,(H2-,42,43,44,48,49)/p+1. The number of hydrogen-bond donors (Lipinski definition) is 2. The average Bonchev–Trinajstić information content (AvgIpc) is 3.09. The van der Waals surface area contributed by atoms with Gasteiger partial charge >= 0.3 is 5.97 Å². The van der Waals surface area contributed by atoms with Gasteiger partial charge in [0.2, 0.25) is 11.8 Å². The Bertz CT molecular complexity index is 2180. The van der Waals surface area contributed by atoms with E-state index < -0.39 is 14.0 Å². The predicted octanol–water partition coefficient (Wildman–Crippen LogP) is 6.35. The molecule has 3 N–H and O–H groups in total. The van der Waals surface area contributed by atoms with Crippen LogP contribution in [0.15, 0.2) is 95.7 Å². The van der Waals surface area contributed by atoms with Crippen LogP contribution in [0.25, 0.3) is 5.57 Å². The first-order chi connectivity index (χ1) is 24.2. The lowest BCUT2D eigenvalue weighted by molar-refractivity contribution is -0.462. The van der Waals surface area contributed by atoms with Gasteiger partial charge in [0.1, 0.15) is 33.9 Å². The molecule has 0 unspecified atom stereocenters. The Labute approximate surface area is 304 Å². The number of nitrogens with two attached hydrogens (primary N) is 1. The van der Waals surface area contributed by atoms with E-state index in [0.717, 1.165) is 39.2 Å². The molecule has 11 heteroatoms. The van der Waals surface area contributed by atoms with Gasteiger partial charge in [0.15, 0.2) is 11.5 Å². The number of benzene rings is 3. The number of fused-ring (bicyclic) bond motifs is 2. The average molecular weight is 719 g/mol. The van der Waals surface area contributed by atoms with Crippen LogP contribution in [-0.4, -0.2) is 73.4 Å². The molecule has 9 nitrogen and oxygen atoms in total. The first-order valence-corrected chi connectivity index (χ1v) is 20.0. The number of halogens is 1. The van der Waals surface area contributed by atoms with Crippen molar-refractivity contribution < 1.29 is 24.0 Å². The second-order valence-electron chi connectivity index (χ2n) is 13.7. The molecular formula is C40H41ClN5O4Si+. The Morgan fingerprint density at radius 3 is 2.31 bits per heavy atom. The van der Waals surface area contributed by atoms with Gasteiger partial charge in [0.25, 0.3) is 0 Å². The molecule has 0 atom stereocenters. The number of anilines is 2. The zero-order chi connectivity index (χ0) is 36.6. The van der Waals surface area contributed by atoms with Crippen molar-refractivity contribution in [1.82, 2.24) is 9.97 Å². The third kappa shape index (κ3) is 7.29. The number of carboxylic acids is 1. The fourth-order valence-corrected chi connectivity index (χ4v) is 9.88. The van der Waals surface area contributed by atoms with Gasteiger partial charge in [-0.3, -0.25) is 4.79 Å². The number of hydrogen-bond acceptors (Lipinski definition) is 7. The fraction of sp³-hybridized carbons (Fsp3) is 0.225. The van der Waals surface area contributed by atoms with Crippen LogP contribution in [0.1, 0.15) is 49.4 Å². The molecule has 1 aromatic heterocycles. The molecule has 0 radical (unpaired) electrons. The molecule has 3 aromatic carbocycles. The van der Waals surface area contributed by atoms with Crippen molar-refractivity contribution in [2.45, 2.75) is 32.5 Å². The Hall–Kier alpha value is -5.32. The zero-order valence-corrected chi connectivity index (χ0v) is 31.4. The number of aryl methyl sites for hydroxylation is 1. The van der Waals surface area contributed by atoms with E-state index in [1.54, 1.807) is 12.1 Å². The number of ether oxygens (including phenoxy) is 1. The molecule has 260 valence electrons. The summed E-state index contributed by atoms with van der Waals surface area (Å²) in [5, 5.41) is 13.3. The molecule has 1 aliphatic heterocycles. The summed E-state index contributed by atoms with van der Waals surface area (Å²) in [4.78, 5) is 36.3. The van der Waals surface area contributed by atoms with E-state index >= 15 is 0 Å². The van der Waals surface area contributed by atoms with Gasteiger partial charge in [-0.05, 0) is 74.5 Å². The maximum absolute atomic E-state index is 13.5. The number of ketones is 1. The lowest BCUT2D eigenvalue weighted by Crippen LogP contribution is -2.49. The number of rotatable bonds is 10. The van der Waals surface area contributed by atoms with Gasteiger partial charge in [-0.2, -0.15) is 4.98 Å². The van der Waals surface area contributed by atoms with E-state index in [9.17, 15) is 14.7 Å². The third-order valence-electron chi connectivity index (χ3n) is 9.50. The van der Waals surface area contributed by atoms with Gasteiger partial charge in [-0.25, -0.2) is 14.4 Å². The van der Waals surface area contributed by atoms with Crippen molar-refractivity contribution in [2.75, 3.05) is 38.8 Å². The summed E-state index contributed by atoms with van der Waals surface area (Å²) in [6.45, 7) is 4.97. The summed E-state index contributed by atoms with van der Waals surface area (Å²) in [6.07, 6.45) is 7.21. The van der Waals surface area contributed by atoms with Crippen LogP contribution >= 0.6 is 11.6 Å². The minimum absolute atomic E-state index is 0.0361. The third-order valence-corrected chi connectivity index (χ3v) is 13.2. The quantitative estimate of drug-likeness (QED) is 0.0843. The summed E-state index contributed by atoms with van der Waals surface area (Å²) >= 11 is 5.93. The molecule has 0 bridgehead atoms.